The number of nitrogens with one attached hydrogen (secondary N) is 1. The summed E-state index contributed by atoms with van der Waals surface area (Å²) in [6, 6.07) is 9.78. The van der Waals surface area contributed by atoms with Gasteiger partial charge in [-0.25, -0.2) is 9.97 Å². The van der Waals surface area contributed by atoms with Crippen LogP contribution in [-0.4, -0.2) is 27.7 Å². The molecule has 2 bridgehead atoms. The largest absolute Gasteiger partial charge is 0.433 e. The monoisotopic (exact) mass is 407 g/mol. The molecular formula is C20H20F3N3OS. The Balaban J connectivity index is 1.46. The lowest BCUT2D eigenvalue weighted by molar-refractivity contribution is -0.141. The summed E-state index contributed by atoms with van der Waals surface area (Å²) in [5, 5.41) is 2.99. The van der Waals surface area contributed by atoms with Gasteiger partial charge in [-0.1, -0.05) is 48.5 Å². The average Bonchev–Trinajstić information content (AvgIpc) is 3.29. The van der Waals surface area contributed by atoms with Crippen molar-refractivity contribution in [2.75, 3.05) is 5.75 Å². The first-order valence-corrected chi connectivity index (χ1v) is 10.3. The lowest BCUT2D eigenvalue weighted by Crippen LogP contribution is -2.39. The number of hydrogen-bond acceptors (Lipinski definition) is 4. The molecule has 2 aliphatic carbocycles. The van der Waals surface area contributed by atoms with E-state index < -0.39 is 11.9 Å². The number of benzene rings is 1. The smallest absolute Gasteiger partial charge is 0.352 e. The van der Waals surface area contributed by atoms with Gasteiger partial charge in [0.2, 0.25) is 5.91 Å². The molecule has 1 heterocycles. The normalized spacial score (nSPS) is 23.8. The Kier molecular flexibility index (Phi) is 5.31. The lowest BCUT2D eigenvalue weighted by Gasteiger charge is -2.22. The third-order valence-corrected chi connectivity index (χ3v) is 6.33. The van der Waals surface area contributed by atoms with Crippen LogP contribution < -0.4 is 5.32 Å². The van der Waals surface area contributed by atoms with Gasteiger partial charge in [0.15, 0.2) is 5.16 Å². The molecule has 3 atom stereocenters. The van der Waals surface area contributed by atoms with Crippen LogP contribution in [0, 0.1) is 11.8 Å². The molecule has 1 amide bonds. The third-order valence-electron chi connectivity index (χ3n) is 5.48. The van der Waals surface area contributed by atoms with E-state index in [1.807, 2.05) is 0 Å². The number of fused-ring (bicyclic) bond motifs is 2. The summed E-state index contributed by atoms with van der Waals surface area (Å²) in [4.78, 5) is 20.1. The number of aromatic nitrogens is 2. The van der Waals surface area contributed by atoms with Crippen molar-refractivity contribution in [1.29, 1.82) is 0 Å². The van der Waals surface area contributed by atoms with E-state index in [2.05, 4.69) is 15.3 Å². The van der Waals surface area contributed by atoms with Crippen molar-refractivity contribution in [1.82, 2.24) is 15.3 Å². The number of thioether (sulfide) groups is 1. The van der Waals surface area contributed by atoms with Gasteiger partial charge in [0.05, 0.1) is 11.4 Å². The van der Waals surface area contributed by atoms with Gasteiger partial charge in [0.25, 0.3) is 0 Å². The maximum absolute atomic E-state index is 13.2. The quantitative estimate of drug-likeness (QED) is 0.583. The van der Waals surface area contributed by atoms with Crippen molar-refractivity contribution in [3.63, 3.8) is 0 Å². The van der Waals surface area contributed by atoms with E-state index in [0.717, 1.165) is 30.7 Å². The molecule has 2 aliphatic rings. The van der Waals surface area contributed by atoms with Crippen LogP contribution in [0.15, 0.2) is 41.6 Å². The summed E-state index contributed by atoms with van der Waals surface area (Å²) >= 11 is 0.937. The Morgan fingerprint density at radius 1 is 1.14 bits per heavy atom. The maximum atomic E-state index is 13.2. The maximum Gasteiger partial charge on any atom is 0.433 e. The highest BCUT2D eigenvalue weighted by Gasteiger charge is 2.40. The molecule has 0 radical (unpaired) electrons. The van der Waals surface area contributed by atoms with Gasteiger partial charge < -0.3 is 5.32 Å². The van der Waals surface area contributed by atoms with E-state index in [1.165, 1.54) is 12.8 Å². The molecule has 0 aliphatic heterocycles. The molecule has 2 saturated carbocycles. The highest BCUT2D eigenvalue weighted by atomic mass is 32.2. The lowest BCUT2D eigenvalue weighted by atomic mass is 9.95. The van der Waals surface area contributed by atoms with Crippen molar-refractivity contribution in [3.05, 3.63) is 42.1 Å². The third kappa shape index (κ3) is 4.32. The summed E-state index contributed by atoms with van der Waals surface area (Å²) in [5.74, 6) is 1.09. The molecule has 4 nitrogen and oxygen atoms in total. The second-order valence-electron chi connectivity index (χ2n) is 7.42. The number of carbonyl (C=O) groups excluding carboxylic acids is 1. The van der Waals surface area contributed by atoms with E-state index in [0.29, 0.717) is 17.4 Å². The molecule has 1 aromatic carbocycles. The number of hydrogen-bond donors (Lipinski definition) is 1. The summed E-state index contributed by atoms with van der Waals surface area (Å²) < 4.78 is 39.7. The first-order chi connectivity index (χ1) is 13.4. The first-order valence-electron chi connectivity index (χ1n) is 9.32. The first kappa shape index (κ1) is 19.2. The fourth-order valence-electron chi connectivity index (χ4n) is 4.19. The van der Waals surface area contributed by atoms with Crippen molar-refractivity contribution in [2.24, 2.45) is 11.8 Å². The molecule has 2 aromatic rings. The molecule has 8 heteroatoms. The summed E-state index contributed by atoms with van der Waals surface area (Å²) in [5.41, 5.74) is -0.236. The topological polar surface area (TPSA) is 54.9 Å². The van der Waals surface area contributed by atoms with Crippen molar-refractivity contribution >= 4 is 17.7 Å². The van der Waals surface area contributed by atoms with Crippen LogP contribution in [0.4, 0.5) is 13.2 Å². The van der Waals surface area contributed by atoms with Gasteiger partial charge in [-0.3, -0.25) is 4.79 Å². The Morgan fingerprint density at radius 3 is 2.57 bits per heavy atom. The Labute approximate surface area is 165 Å². The summed E-state index contributed by atoms with van der Waals surface area (Å²) in [6.07, 6.45) is 0.00767. The predicted molar refractivity (Wildman–Crippen MR) is 101 cm³/mol. The average molecular weight is 407 g/mol. The summed E-state index contributed by atoms with van der Waals surface area (Å²) in [6.45, 7) is 0. The van der Waals surface area contributed by atoms with Crippen molar-refractivity contribution < 1.29 is 18.0 Å². The van der Waals surface area contributed by atoms with E-state index >= 15 is 0 Å². The number of rotatable bonds is 5. The van der Waals surface area contributed by atoms with Gasteiger partial charge in [0, 0.05) is 11.6 Å². The molecule has 1 N–H and O–H groups in total. The Morgan fingerprint density at radius 2 is 1.93 bits per heavy atom. The second kappa shape index (κ2) is 7.73. The van der Waals surface area contributed by atoms with Crippen LogP contribution in [-0.2, 0) is 11.0 Å². The molecule has 28 heavy (non-hydrogen) atoms. The van der Waals surface area contributed by atoms with Crippen molar-refractivity contribution in [2.45, 2.75) is 43.1 Å². The van der Waals surface area contributed by atoms with Crippen LogP contribution >= 0.6 is 11.8 Å². The summed E-state index contributed by atoms with van der Waals surface area (Å²) in [7, 11) is 0. The van der Waals surface area contributed by atoms with E-state index in [-0.39, 0.29) is 28.6 Å². The van der Waals surface area contributed by atoms with Gasteiger partial charge in [-0.05, 0) is 37.2 Å². The fraction of sp³-hybridized carbons (Fsp3) is 0.450. The molecule has 2 fully saturated rings. The van der Waals surface area contributed by atoms with Crippen molar-refractivity contribution in [3.8, 4) is 11.3 Å². The van der Waals surface area contributed by atoms with Crippen LogP contribution in [0.2, 0.25) is 0 Å². The molecular weight excluding hydrogens is 387 g/mol. The zero-order valence-electron chi connectivity index (χ0n) is 15.1. The molecule has 0 spiro atoms. The van der Waals surface area contributed by atoms with Gasteiger partial charge in [0.1, 0.15) is 5.69 Å². The van der Waals surface area contributed by atoms with Gasteiger partial charge in [-0.2, -0.15) is 13.2 Å². The second-order valence-corrected chi connectivity index (χ2v) is 8.36. The number of halogens is 3. The zero-order chi connectivity index (χ0) is 19.7. The van der Waals surface area contributed by atoms with E-state index in [1.54, 1.807) is 30.3 Å². The molecule has 0 unspecified atom stereocenters. The van der Waals surface area contributed by atoms with Crippen LogP contribution in [0.1, 0.15) is 31.4 Å². The highest BCUT2D eigenvalue weighted by molar-refractivity contribution is 7.99. The number of nitrogens with zero attached hydrogens (tertiary/aromatic N) is 2. The van der Waals surface area contributed by atoms with Crippen LogP contribution in [0.3, 0.4) is 0 Å². The van der Waals surface area contributed by atoms with E-state index in [4.69, 9.17) is 0 Å². The molecule has 148 valence electrons. The zero-order valence-corrected chi connectivity index (χ0v) is 15.9. The van der Waals surface area contributed by atoms with E-state index in [9.17, 15) is 18.0 Å². The van der Waals surface area contributed by atoms with Crippen LogP contribution in [0.5, 0.6) is 0 Å². The number of amides is 1. The number of alkyl halides is 3. The number of carbonyl (C=O) groups is 1. The minimum atomic E-state index is -4.58. The molecule has 0 saturated heterocycles. The minimum absolute atomic E-state index is 0.00340. The molecule has 1 aromatic heterocycles. The Hall–Kier alpha value is -2.09. The fourth-order valence-corrected chi connectivity index (χ4v) is 4.86. The van der Waals surface area contributed by atoms with Gasteiger partial charge >= 0.3 is 6.18 Å². The van der Waals surface area contributed by atoms with Gasteiger partial charge in [-0.15, -0.1) is 0 Å². The SMILES string of the molecule is O=C(CSc1nc(-c2ccccc2)cc(C(F)(F)F)n1)N[C@@H]1C[C@H]2CC[C@H]1C2. The predicted octanol–water partition coefficient (Wildman–Crippen LogP) is 4.56. The minimum Gasteiger partial charge on any atom is -0.352 e. The highest BCUT2D eigenvalue weighted by Crippen LogP contribution is 2.44. The van der Waals surface area contributed by atoms with Crippen LogP contribution in [0.25, 0.3) is 11.3 Å². The molecule has 4 rings (SSSR count). The Bertz CT molecular complexity index is 860. The standard InChI is InChI=1S/C20H20F3N3OS/c21-20(22,23)17-10-16(13-4-2-1-3-5-13)25-19(26-17)28-11-18(27)24-15-9-12-6-7-14(15)8-12/h1-5,10,12,14-15H,6-9,11H2,(H,24,27)/t12-,14-,15+/m0/s1.